The Morgan fingerprint density at radius 2 is 1.90 bits per heavy atom. The lowest BCUT2D eigenvalue weighted by Gasteiger charge is -2.22. The van der Waals surface area contributed by atoms with Gasteiger partial charge in [-0.05, 0) is 0 Å². The van der Waals surface area contributed by atoms with E-state index in [2.05, 4.69) is 28.0 Å². The van der Waals surface area contributed by atoms with Gasteiger partial charge < -0.3 is 30.3 Å². The number of ether oxygens (including phenoxy) is 1. The Bertz CT molecular complexity index is 1170. The van der Waals surface area contributed by atoms with Crippen molar-refractivity contribution in [3.05, 3.63) is 12.7 Å². The molecule has 2 aromatic heterocycles. The smallest absolute Gasteiger partial charge is 0.387 e. The Balaban J connectivity index is 1.88. The van der Waals surface area contributed by atoms with Gasteiger partial charge in [-0.3, -0.25) is 18.2 Å². The van der Waals surface area contributed by atoms with E-state index in [1.165, 1.54) is 0 Å². The number of imidazole rings is 1. The van der Waals surface area contributed by atoms with Gasteiger partial charge in [-0.15, -0.1) is 3.97 Å². The van der Waals surface area contributed by atoms with Gasteiger partial charge in [0.15, 0.2) is 17.7 Å². The van der Waals surface area contributed by atoms with Crippen molar-refractivity contribution in [1.29, 1.82) is 0 Å². The second-order valence-corrected chi connectivity index (χ2v) is 9.80. The third-order valence-electron chi connectivity index (χ3n) is 3.82. The molecule has 0 spiro atoms. The third-order valence-corrected chi connectivity index (χ3v) is 6.32. The lowest BCUT2D eigenvalue weighted by atomic mass is 10.1. The van der Waals surface area contributed by atoms with Gasteiger partial charge in [-0.1, -0.05) is 0 Å². The molecule has 0 saturated carbocycles. The molecule has 1 saturated heterocycles. The van der Waals surface area contributed by atoms with Gasteiger partial charge in [-0.25, -0.2) is 24.1 Å². The first-order chi connectivity index (χ1) is 14.2. The Labute approximate surface area is 172 Å². The Kier molecular flexibility index (Phi) is 6.51. The summed E-state index contributed by atoms with van der Waals surface area (Å²) in [6, 6.07) is 0. The molecular weight excluding hydrogens is 492 g/mol. The average molecular weight is 507 g/mol. The maximum atomic E-state index is 11.6. The first-order valence-corrected chi connectivity index (χ1v) is 12.2. The van der Waals surface area contributed by atoms with Crippen LogP contribution in [0.4, 0.5) is 5.82 Å². The second kappa shape index (κ2) is 8.39. The number of aliphatic hydroxyl groups is 1. The zero-order valence-corrected chi connectivity index (χ0v) is 17.4. The van der Waals surface area contributed by atoms with E-state index in [9.17, 15) is 27.5 Å². The standard InChI is InChI=1S/C10H15N5O13P2S/c11-8-5-9(13-2-12-8)15(3-14-5)10-7(27-29(17,18)19)6(16)4(26-10)1-25-30(20,21)28-31(22,23)24/h2-4,6-7,10,16H,1H2,(H,20,21)(H2,11,12,13)(H2,17,18,19)(H,22,23,24). The minimum absolute atomic E-state index is 0.0294. The molecule has 1 fully saturated rings. The van der Waals surface area contributed by atoms with Crippen LogP contribution in [0.2, 0.25) is 0 Å². The number of nitrogens with zero attached hydrogens (tertiary/aromatic N) is 4. The van der Waals surface area contributed by atoms with Crippen molar-refractivity contribution in [2.45, 2.75) is 24.5 Å². The number of hydrogen-bond donors (Lipinski definition) is 6. The fraction of sp³-hybridized carbons (Fsp3) is 0.500. The summed E-state index contributed by atoms with van der Waals surface area (Å²) in [6.45, 7) is -1.02. The molecule has 21 heteroatoms. The lowest BCUT2D eigenvalue weighted by molar-refractivity contribution is -0.0495. The van der Waals surface area contributed by atoms with Crippen molar-refractivity contribution in [2.75, 3.05) is 12.3 Å². The molecule has 7 N–H and O–H groups in total. The number of aromatic nitrogens is 4. The molecule has 3 rings (SSSR count). The molecule has 0 aliphatic carbocycles. The maximum Gasteiger partial charge on any atom is 0.488 e. The predicted octanol–water partition coefficient (Wildman–Crippen LogP) is -1.92. The Morgan fingerprint density at radius 1 is 1.23 bits per heavy atom. The van der Waals surface area contributed by atoms with Gasteiger partial charge >= 0.3 is 26.0 Å². The molecule has 174 valence electrons. The van der Waals surface area contributed by atoms with Crippen molar-refractivity contribution < 1.29 is 59.6 Å². The largest absolute Gasteiger partial charge is 0.488 e. The summed E-state index contributed by atoms with van der Waals surface area (Å²) >= 11 is 0. The first kappa shape index (κ1) is 24.1. The zero-order chi connectivity index (χ0) is 23.2. The van der Waals surface area contributed by atoms with E-state index < -0.39 is 57.2 Å². The minimum Gasteiger partial charge on any atom is -0.387 e. The molecule has 0 radical (unpaired) electrons. The van der Waals surface area contributed by atoms with Gasteiger partial charge in [0.05, 0.1) is 12.9 Å². The topological polar surface area (TPSA) is 276 Å². The number of phosphoric ester groups is 2. The molecule has 0 aromatic carbocycles. The fourth-order valence-corrected chi connectivity index (χ4v) is 4.72. The van der Waals surface area contributed by atoms with Gasteiger partial charge in [0.2, 0.25) is 0 Å². The molecule has 3 heterocycles. The molecule has 18 nitrogen and oxygen atoms in total. The molecule has 0 amide bonds. The van der Waals surface area contributed by atoms with Crippen LogP contribution in [0, 0.1) is 0 Å². The summed E-state index contributed by atoms with van der Waals surface area (Å²) in [6.07, 6.45) is -4.58. The number of anilines is 1. The van der Waals surface area contributed by atoms with Crippen LogP contribution >= 0.6 is 15.6 Å². The van der Waals surface area contributed by atoms with E-state index in [1.807, 2.05) is 0 Å². The Hall–Kier alpha value is -1.60. The zero-order valence-electron chi connectivity index (χ0n) is 14.8. The molecule has 0 bridgehead atoms. The molecule has 2 aromatic rings. The summed E-state index contributed by atoms with van der Waals surface area (Å²) < 4.78 is 71.5. The van der Waals surface area contributed by atoms with Crippen molar-refractivity contribution in [3.63, 3.8) is 0 Å². The second-order valence-electron chi connectivity index (χ2n) is 5.97. The highest BCUT2D eigenvalue weighted by molar-refractivity contribution is 7.85. The van der Waals surface area contributed by atoms with Crippen LogP contribution < -0.4 is 5.73 Å². The van der Waals surface area contributed by atoms with Crippen LogP contribution in [0.5, 0.6) is 0 Å². The van der Waals surface area contributed by atoms with Crippen molar-refractivity contribution in [3.8, 4) is 0 Å². The summed E-state index contributed by atoms with van der Waals surface area (Å²) in [4.78, 5) is 39.2. The third kappa shape index (κ3) is 5.80. The first-order valence-electron chi connectivity index (χ1n) is 7.83. The van der Waals surface area contributed by atoms with Crippen LogP contribution in [-0.2, 0) is 37.3 Å². The lowest BCUT2D eigenvalue weighted by Crippen LogP contribution is -2.35. The normalized spacial score (nSPS) is 26.9. The summed E-state index contributed by atoms with van der Waals surface area (Å²) in [5, 5.41) is 10.4. The highest BCUT2D eigenvalue weighted by Gasteiger charge is 2.49. The monoisotopic (exact) mass is 507 g/mol. The molecule has 1 aliphatic rings. The van der Waals surface area contributed by atoms with Crippen molar-refractivity contribution in [1.82, 2.24) is 19.5 Å². The summed E-state index contributed by atoms with van der Waals surface area (Å²) in [7, 11) is -15.9. The highest BCUT2D eigenvalue weighted by atomic mass is 32.3. The van der Waals surface area contributed by atoms with Crippen LogP contribution in [0.1, 0.15) is 6.23 Å². The van der Waals surface area contributed by atoms with E-state index in [0.717, 1.165) is 17.2 Å². The summed E-state index contributed by atoms with van der Waals surface area (Å²) in [5.74, 6) is -0.0294. The van der Waals surface area contributed by atoms with Gasteiger partial charge in [0.1, 0.15) is 30.2 Å². The van der Waals surface area contributed by atoms with Crippen LogP contribution in [0.15, 0.2) is 12.7 Å². The molecule has 5 unspecified atom stereocenters. The number of rotatable bonds is 8. The van der Waals surface area contributed by atoms with Gasteiger partial charge in [-0.2, -0.15) is 8.42 Å². The van der Waals surface area contributed by atoms with E-state index in [-0.39, 0.29) is 17.0 Å². The molecular formula is C10H15N5O13P2S. The van der Waals surface area contributed by atoms with Crippen LogP contribution in [0.3, 0.4) is 0 Å². The van der Waals surface area contributed by atoms with Gasteiger partial charge in [0, 0.05) is 0 Å². The number of hydrogen-bond acceptors (Lipinski definition) is 13. The fourth-order valence-electron chi connectivity index (χ4n) is 2.72. The van der Waals surface area contributed by atoms with Gasteiger partial charge in [0.25, 0.3) is 0 Å². The number of phosphoric acid groups is 2. The quantitative estimate of drug-likeness (QED) is 0.168. The molecule has 1 aliphatic heterocycles. The Morgan fingerprint density at radius 3 is 2.52 bits per heavy atom. The summed E-state index contributed by atoms with van der Waals surface area (Å²) in [5.41, 5.74) is 5.80. The molecule has 31 heavy (non-hydrogen) atoms. The SMILES string of the molecule is Nc1ncnc2c1ncn2C1OC(COP(=O)(O)OS(=O)(=O)O)C(O)C1OP(=O)(O)O. The van der Waals surface area contributed by atoms with E-state index in [4.69, 9.17) is 24.8 Å². The highest BCUT2D eigenvalue weighted by Crippen LogP contribution is 2.48. The average Bonchev–Trinajstić information content (AvgIpc) is 3.13. The maximum absolute atomic E-state index is 11.6. The number of nitrogen functional groups attached to an aromatic ring is 1. The van der Waals surface area contributed by atoms with E-state index in [1.54, 1.807) is 0 Å². The van der Waals surface area contributed by atoms with Crippen LogP contribution in [0.25, 0.3) is 11.2 Å². The van der Waals surface area contributed by atoms with E-state index >= 15 is 0 Å². The minimum atomic E-state index is -5.36. The molecule has 5 atom stereocenters. The number of fused-ring (bicyclic) bond motifs is 1. The van der Waals surface area contributed by atoms with Crippen molar-refractivity contribution >= 4 is 43.0 Å². The number of aliphatic hydroxyl groups excluding tert-OH is 1. The number of nitrogens with two attached hydrogens (primary N) is 1. The van der Waals surface area contributed by atoms with Crippen molar-refractivity contribution in [2.24, 2.45) is 0 Å². The predicted molar refractivity (Wildman–Crippen MR) is 95.0 cm³/mol. The van der Waals surface area contributed by atoms with Crippen LogP contribution in [-0.4, -0.2) is 77.2 Å². The van der Waals surface area contributed by atoms with E-state index in [0.29, 0.717) is 0 Å².